The molecule has 1 atom stereocenters. The number of methoxy groups -OCH3 is 1. The van der Waals surface area contributed by atoms with Gasteiger partial charge < -0.3 is 4.74 Å². The largest absolute Gasteiger partial charge is 0.360 e. The number of benzene rings is 1. The fourth-order valence-corrected chi connectivity index (χ4v) is 1.42. The van der Waals surface area contributed by atoms with Crippen molar-refractivity contribution < 1.29 is 4.74 Å². The van der Waals surface area contributed by atoms with E-state index in [1.165, 1.54) is 5.56 Å². The van der Waals surface area contributed by atoms with E-state index in [-0.39, 0.29) is 6.23 Å². The first-order chi connectivity index (χ1) is 7.70. The average molecular weight is 217 g/mol. The smallest absolute Gasteiger partial charge is 0.148 e. The lowest BCUT2D eigenvalue weighted by Gasteiger charge is -2.07. The first-order valence-corrected chi connectivity index (χ1v) is 5.22. The van der Waals surface area contributed by atoms with E-state index in [0.29, 0.717) is 0 Å². The van der Waals surface area contributed by atoms with Crippen LogP contribution in [0.5, 0.6) is 0 Å². The van der Waals surface area contributed by atoms with Crippen molar-refractivity contribution >= 4 is 0 Å². The lowest BCUT2D eigenvalue weighted by atomic mass is 10.1. The molecule has 4 nitrogen and oxygen atoms in total. The number of nitrogens with zero attached hydrogens (tertiary/aromatic N) is 3. The van der Waals surface area contributed by atoms with E-state index >= 15 is 0 Å². The van der Waals surface area contributed by atoms with Crippen LogP contribution in [0.15, 0.2) is 30.5 Å². The number of hydrogen-bond donors (Lipinski definition) is 0. The highest BCUT2D eigenvalue weighted by molar-refractivity contribution is 5.57. The van der Waals surface area contributed by atoms with Gasteiger partial charge in [-0.2, -0.15) is 0 Å². The van der Waals surface area contributed by atoms with Gasteiger partial charge in [0.1, 0.15) is 11.9 Å². The first-order valence-electron chi connectivity index (χ1n) is 5.22. The lowest BCUT2D eigenvalue weighted by molar-refractivity contribution is 0.0486. The summed E-state index contributed by atoms with van der Waals surface area (Å²) in [6.07, 6.45) is 1.80. The van der Waals surface area contributed by atoms with Gasteiger partial charge in [-0.3, -0.25) is 0 Å². The molecular formula is C12H15N3O. The van der Waals surface area contributed by atoms with Gasteiger partial charge >= 0.3 is 0 Å². The number of aromatic nitrogens is 3. The third-order valence-electron chi connectivity index (χ3n) is 2.57. The fourth-order valence-electron chi connectivity index (χ4n) is 1.42. The first kappa shape index (κ1) is 10.8. The van der Waals surface area contributed by atoms with E-state index in [4.69, 9.17) is 4.74 Å². The monoisotopic (exact) mass is 217 g/mol. The normalized spacial score (nSPS) is 12.7. The van der Waals surface area contributed by atoms with E-state index in [1.54, 1.807) is 11.8 Å². The van der Waals surface area contributed by atoms with E-state index in [1.807, 2.05) is 25.3 Å². The molecule has 16 heavy (non-hydrogen) atoms. The molecule has 0 aliphatic heterocycles. The summed E-state index contributed by atoms with van der Waals surface area (Å²) in [5.74, 6) is 0. The molecule has 1 unspecified atom stereocenters. The van der Waals surface area contributed by atoms with E-state index < -0.39 is 0 Å². The molecule has 84 valence electrons. The molecule has 0 saturated heterocycles. The van der Waals surface area contributed by atoms with Crippen LogP contribution >= 0.6 is 0 Å². The van der Waals surface area contributed by atoms with Gasteiger partial charge in [0.25, 0.3) is 0 Å². The maximum atomic E-state index is 5.16. The van der Waals surface area contributed by atoms with E-state index in [0.717, 1.165) is 11.3 Å². The Morgan fingerprint density at radius 3 is 2.56 bits per heavy atom. The van der Waals surface area contributed by atoms with E-state index in [9.17, 15) is 0 Å². The molecule has 0 aliphatic carbocycles. The second kappa shape index (κ2) is 4.45. The zero-order valence-electron chi connectivity index (χ0n) is 9.71. The van der Waals surface area contributed by atoms with Gasteiger partial charge in [-0.1, -0.05) is 35.0 Å². The van der Waals surface area contributed by atoms with E-state index in [2.05, 4.69) is 29.4 Å². The van der Waals surface area contributed by atoms with Crippen LogP contribution in [-0.2, 0) is 4.74 Å². The molecule has 0 fully saturated rings. The number of rotatable bonds is 3. The molecule has 0 radical (unpaired) electrons. The number of hydrogen-bond acceptors (Lipinski definition) is 3. The molecule has 0 spiro atoms. The lowest BCUT2D eigenvalue weighted by Crippen LogP contribution is -2.07. The quantitative estimate of drug-likeness (QED) is 0.792. The molecule has 0 amide bonds. The van der Waals surface area contributed by atoms with Crippen molar-refractivity contribution in [3.8, 4) is 11.3 Å². The zero-order valence-corrected chi connectivity index (χ0v) is 9.71. The Morgan fingerprint density at radius 1 is 1.25 bits per heavy atom. The molecule has 4 heteroatoms. The summed E-state index contributed by atoms with van der Waals surface area (Å²) in [6, 6.07) is 8.21. The van der Waals surface area contributed by atoms with Crippen LogP contribution in [0.2, 0.25) is 0 Å². The molecule has 0 bridgehead atoms. The molecule has 0 N–H and O–H groups in total. The van der Waals surface area contributed by atoms with Crippen LogP contribution in [0, 0.1) is 6.92 Å². The molecule has 2 aromatic rings. The Bertz CT molecular complexity index is 461. The van der Waals surface area contributed by atoms with Crippen molar-refractivity contribution in [3.63, 3.8) is 0 Å². The molecule has 1 aromatic carbocycles. The number of ether oxygens (including phenoxy) is 1. The maximum absolute atomic E-state index is 5.16. The van der Waals surface area contributed by atoms with Crippen LogP contribution in [0.3, 0.4) is 0 Å². The SMILES string of the molecule is COC(C)n1cc(-c2ccc(C)cc2)nn1. The molecular weight excluding hydrogens is 202 g/mol. The Kier molecular flexibility index (Phi) is 3.01. The molecule has 0 aliphatic rings. The minimum absolute atomic E-state index is 0.0910. The van der Waals surface area contributed by atoms with Crippen molar-refractivity contribution in [2.45, 2.75) is 20.1 Å². The predicted octanol–water partition coefficient (Wildman–Crippen LogP) is 2.42. The average Bonchev–Trinajstić information content (AvgIpc) is 2.78. The Balaban J connectivity index is 2.28. The summed E-state index contributed by atoms with van der Waals surface area (Å²) in [7, 11) is 1.65. The highest BCUT2D eigenvalue weighted by Gasteiger charge is 2.07. The Labute approximate surface area is 94.9 Å². The number of aryl methyl sites for hydroxylation is 1. The highest BCUT2D eigenvalue weighted by Crippen LogP contribution is 2.17. The summed E-state index contributed by atoms with van der Waals surface area (Å²) in [4.78, 5) is 0. The Hall–Kier alpha value is -1.68. The maximum Gasteiger partial charge on any atom is 0.148 e. The van der Waals surface area contributed by atoms with Crippen LogP contribution in [0.25, 0.3) is 11.3 Å². The van der Waals surface area contributed by atoms with Gasteiger partial charge in [-0.25, -0.2) is 4.68 Å². The van der Waals surface area contributed by atoms with Crippen molar-refractivity contribution in [1.29, 1.82) is 0 Å². The molecule has 0 saturated carbocycles. The van der Waals surface area contributed by atoms with Crippen LogP contribution in [0.1, 0.15) is 18.7 Å². The molecule has 1 aromatic heterocycles. The van der Waals surface area contributed by atoms with Crippen LogP contribution < -0.4 is 0 Å². The molecule has 2 rings (SSSR count). The van der Waals surface area contributed by atoms with Crippen molar-refractivity contribution in [3.05, 3.63) is 36.0 Å². The predicted molar refractivity (Wildman–Crippen MR) is 61.9 cm³/mol. The minimum atomic E-state index is -0.0910. The molecule has 1 heterocycles. The third-order valence-corrected chi connectivity index (χ3v) is 2.57. The summed E-state index contributed by atoms with van der Waals surface area (Å²) < 4.78 is 6.87. The van der Waals surface area contributed by atoms with Crippen LogP contribution in [-0.4, -0.2) is 22.1 Å². The minimum Gasteiger partial charge on any atom is -0.360 e. The fraction of sp³-hybridized carbons (Fsp3) is 0.333. The summed E-state index contributed by atoms with van der Waals surface area (Å²) in [5, 5.41) is 8.15. The van der Waals surface area contributed by atoms with Gasteiger partial charge in [0, 0.05) is 12.7 Å². The third kappa shape index (κ3) is 2.12. The van der Waals surface area contributed by atoms with Gasteiger partial charge in [0.15, 0.2) is 0 Å². The highest BCUT2D eigenvalue weighted by atomic mass is 16.5. The van der Waals surface area contributed by atoms with Crippen molar-refractivity contribution in [1.82, 2.24) is 15.0 Å². The Morgan fingerprint density at radius 2 is 1.94 bits per heavy atom. The van der Waals surface area contributed by atoms with Gasteiger partial charge in [-0.05, 0) is 13.8 Å². The summed E-state index contributed by atoms with van der Waals surface area (Å²) in [6.45, 7) is 3.99. The summed E-state index contributed by atoms with van der Waals surface area (Å²) in [5.41, 5.74) is 3.17. The van der Waals surface area contributed by atoms with Gasteiger partial charge in [0.05, 0.1) is 6.20 Å². The second-order valence-corrected chi connectivity index (χ2v) is 3.78. The van der Waals surface area contributed by atoms with Crippen molar-refractivity contribution in [2.75, 3.05) is 7.11 Å². The zero-order chi connectivity index (χ0) is 11.5. The summed E-state index contributed by atoms with van der Waals surface area (Å²) >= 11 is 0. The van der Waals surface area contributed by atoms with Gasteiger partial charge in [-0.15, -0.1) is 5.10 Å². The van der Waals surface area contributed by atoms with Crippen molar-refractivity contribution in [2.24, 2.45) is 0 Å². The van der Waals surface area contributed by atoms with Crippen LogP contribution in [0.4, 0.5) is 0 Å². The second-order valence-electron chi connectivity index (χ2n) is 3.78. The topological polar surface area (TPSA) is 39.9 Å². The standard InChI is InChI=1S/C12H15N3O/c1-9-4-6-11(7-5-9)12-8-15(14-13-12)10(2)16-3/h4-8,10H,1-3H3. The van der Waals surface area contributed by atoms with Gasteiger partial charge in [0.2, 0.25) is 0 Å².